The highest BCUT2D eigenvalue weighted by Gasteiger charge is 2.32. The smallest absolute Gasteiger partial charge is 0.258 e. The van der Waals surface area contributed by atoms with Gasteiger partial charge < -0.3 is 15.1 Å². The van der Waals surface area contributed by atoms with Gasteiger partial charge in [0.15, 0.2) is 0 Å². The number of hydrogen-bond acceptors (Lipinski definition) is 3. The van der Waals surface area contributed by atoms with Crippen LogP contribution in [0, 0.1) is 5.92 Å². The summed E-state index contributed by atoms with van der Waals surface area (Å²) in [4.78, 5) is 44.3. The zero-order valence-corrected chi connectivity index (χ0v) is 24.8. The molecule has 1 heterocycles. The van der Waals surface area contributed by atoms with E-state index in [1.807, 2.05) is 98.8 Å². The van der Waals surface area contributed by atoms with Gasteiger partial charge in [-0.25, -0.2) is 0 Å². The summed E-state index contributed by atoms with van der Waals surface area (Å²) >= 11 is 6.53. The number of rotatable bonds is 12. The van der Waals surface area contributed by atoms with Crippen LogP contribution in [0.4, 0.5) is 5.69 Å². The first-order valence-electron chi connectivity index (χ1n) is 14.5. The summed E-state index contributed by atoms with van der Waals surface area (Å²) in [5, 5.41) is 5.58. The lowest BCUT2D eigenvalue weighted by Crippen LogP contribution is -2.51. The molecule has 4 aromatic carbocycles. The maximum atomic E-state index is 14.0. The standard InChI is InChI=1S/C35H36ClN3O3/c1-24(2)22-37-34(41)31(21-25-11-4-3-5-12-25)39(23-27-13-6-7-17-29(27)36)32(40)19-10-20-38-30-18-9-15-26-14-8-16-28(33(26)30)35(38)42/h3-9,11-18,24,31H,10,19-23H2,1-2H3,(H,37,41). The van der Waals surface area contributed by atoms with Crippen molar-refractivity contribution < 1.29 is 14.4 Å². The number of carbonyl (C=O) groups excluding carboxylic acids is 3. The topological polar surface area (TPSA) is 69.7 Å². The summed E-state index contributed by atoms with van der Waals surface area (Å²) in [7, 11) is 0. The van der Waals surface area contributed by atoms with Crippen LogP contribution in [0.2, 0.25) is 5.02 Å². The van der Waals surface area contributed by atoms with Gasteiger partial charge in [-0.15, -0.1) is 0 Å². The fourth-order valence-corrected chi connectivity index (χ4v) is 5.72. The molecule has 5 rings (SSSR count). The number of amides is 3. The molecule has 0 saturated carbocycles. The summed E-state index contributed by atoms with van der Waals surface area (Å²) < 4.78 is 0. The van der Waals surface area contributed by atoms with Crippen LogP contribution >= 0.6 is 11.6 Å². The molecule has 1 aliphatic rings. The van der Waals surface area contributed by atoms with Gasteiger partial charge in [0.25, 0.3) is 5.91 Å². The lowest BCUT2D eigenvalue weighted by Gasteiger charge is -2.32. The molecular formula is C35H36ClN3O3. The molecule has 7 heteroatoms. The first kappa shape index (κ1) is 29.3. The molecule has 4 aromatic rings. The largest absolute Gasteiger partial charge is 0.354 e. The van der Waals surface area contributed by atoms with E-state index in [0.717, 1.165) is 27.6 Å². The van der Waals surface area contributed by atoms with Crippen molar-refractivity contribution in [2.24, 2.45) is 5.92 Å². The third-order valence-corrected chi connectivity index (χ3v) is 8.04. The Morgan fingerprint density at radius 1 is 0.905 bits per heavy atom. The van der Waals surface area contributed by atoms with Crippen molar-refractivity contribution in [3.8, 4) is 0 Å². The zero-order chi connectivity index (χ0) is 29.6. The predicted molar refractivity (Wildman–Crippen MR) is 169 cm³/mol. The molecule has 1 N–H and O–H groups in total. The summed E-state index contributed by atoms with van der Waals surface area (Å²) in [6, 6.07) is 28.1. The normalized spacial score (nSPS) is 13.0. The Bertz CT molecular complexity index is 1580. The number of benzene rings is 4. The lowest BCUT2D eigenvalue weighted by atomic mass is 10.0. The molecule has 0 aliphatic carbocycles. The Hall–Kier alpha value is -4.16. The fraction of sp³-hybridized carbons (Fsp3) is 0.286. The zero-order valence-electron chi connectivity index (χ0n) is 24.1. The van der Waals surface area contributed by atoms with Crippen LogP contribution in [0.1, 0.15) is 48.2 Å². The molecule has 1 aliphatic heterocycles. The van der Waals surface area contributed by atoms with Crippen LogP contribution < -0.4 is 10.2 Å². The molecule has 0 fully saturated rings. The number of carbonyl (C=O) groups is 3. The van der Waals surface area contributed by atoms with Gasteiger partial charge in [0.05, 0.1) is 5.69 Å². The van der Waals surface area contributed by atoms with Gasteiger partial charge >= 0.3 is 0 Å². The average molecular weight is 582 g/mol. The van der Waals surface area contributed by atoms with E-state index in [2.05, 4.69) is 5.32 Å². The van der Waals surface area contributed by atoms with Crippen LogP contribution in [-0.2, 0) is 22.6 Å². The Balaban J connectivity index is 1.38. The summed E-state index contributed by atoms with van der Waals surface area (Å²) in [6.07, 6.45) is 1.02. The van der Waals surface area contributed by atoms with Crippen molar-refractivity contribution >= 4 is 45.8 Å². The number of halogens is 1. The molecule has 0 saturated heterocycles. The quantitative estimate of drug-likeness (QED) is 0.204. The highest BCUT2D eigenvalue weighted by Crippen LogP contribution is 2.37. The van der Waals surface area contributed by atoms with E-state index in [9.17, 15) is 14.4 Å². The van der Waals surface area contributed by atoms with Crippen LogP contribution in [0.3, 0.4) is 0 Å². The SMILES string of the molecule is CC(C)CNC(=O)C(Cc1ccccc1)N(Cc1ccccc1Cl)C(=O)CCCN1C(=O)c2cccc3cccc1c23. The predicted octanol–water partition coefficient (Wildman–Crippen LogP) is 6.65. The minimum atomic E-state index is -0.721. The molecule has 0 aromatic heterocycles. The van der Waals surface area contributed by atoms with Crippen molar-refractivity contribution in [1.29, 1.82) is 0 Å². The van der Waals surface area contributed by atoms with Gasteiger partial charge in [0, 0.05) is 48.4 Å². The lowest BCUT2D eigenvalue weighted by molar-refractivity contribution is -0.141. The monoisotopic (exact) mass is 581 g/mol. The first-order valence-corrected chi connectivity index (χ1v) is 14.9. The second kappa shape index (κ2) is 13.2. The minimum absolute atomic E-state index is 0.0443. The van der Waals surface area contributed by atoms with E-state index in [1.165, 1.54) is 0 Å². The molecule has 1 unspecified atom stereocenters. The van der Waals surface area contributed by atoms with Gasteiger partial charge in [-0.3, -0.25) is 14.4 Å². The highest BCUT2D eigenvalue weighted by molar-refractivity contribution is 6.31. The van der Waals surface area contributed by atoms with Gasteiger partial charge in [-0.2, -0.15) is 0 Å². The van der Waals surface area contributed by atoms with E-state index in [-0.39, 0.29) is 36.6 Å². The van der Waals surface area contributed by atoms with E-state index < -0.39 is 6.04 Å². The van der Waals surface area contributed by atoms with Crippen LogP contribution in [0.5, 0.6) is 0 Å². The second-order valence-corrected chi connectivity index (χ2v) is 11.6. The number of nitrogens with zero attached hydrogens (tertiary/aromatic N) is 2. The van der Waals surface area contributed by atoms with Crippen molar-refractivity contribution in [1.82, 2.24) is 10.2 Å². The average Bonchev–Trinajstić information content (AvgIpc) is 3.27. The minimum Gasteiger partial charge on any atom is -0.354 e. The molecule has 42 heavy (non-hydrogen) atoms. The molecular weight excluding hydrogens is 546 g/mol. The Kier molecular flexibility index (Phi) is 9.23. The second-order valence-electron chi connectivity index (χ2n) is 11.2. The van der Waals surface area contributed by atoms with Crippen LogP contribution in [0.15, 0.2) is 91.0 Å². The highest BCUT2D eigenvalue weighted by atomic mass is 35.5. The molecule has 6 nitrogen and oxygen atoms in total. The number of nitrogens with one attached hydrogen (secondary N) is 1. The molecule has 216 valence electrons. The maximum Gasteiger partial charge on any atom is 0.258 e. The number of hydrogen-bond donors (Lipinski definition) is 1. The third-order valence-electron chi connectivity index (χ3n) is 7.68. The van der Waals surface area contributed by atoms with Gasteiger partial charge in [0.1, 0.15) is 6.04 Å². The molecule has 3 amide bonds. The fourth-order valence-electron chi connectivity index (χ4n) is 5.52. The van der Waals surface area contributed by atoms with E-state index in [0.29, 0.717) is 36.5 Å². The van der Waals surface area contributed by atoms with E-state index in [4.69, 9.17) is 11.6 Å². The van der Waals surface area contributed by atoms with Crippen molar-refractivity contribution in [3.63, 3.8) is 0 Å². The molecule has 0 spiro atoms. The van der Waals surface area contributed by atoms with Gasteiger partial charge in [-0.1, -0.05) is 98.2 Å². The Morgan fingerprint density at radius 3 is 2.36 bits per heavy atom. The Labute approximate surface area is 252 Å². The van der Waals surface area contributed by atoms with E-state index >= 15 is 0 Å². The maximum absolute atomic E-state index is 14.0. The number of anilines is 1. The van der Waals surface area contributed by atoms with Crippen LogP contribution in [0.25, 0.3) is 10.8 Å². The molecule has 1 atom stereocenters. The summed E-state index contributed by atoms with van der Waals surface area (Å²) in [6.45, 7) is 5.20. The van der Waals surface area contributed by atoms with Crippen molar-refractivity contribution in [3.05, 3.63) is 113 Å². The van der Waals surface area contributed by atoms with Gasteiger partial charge in [0.2, 0.25) is 11.8 Å². The molecule has 0 radical (unpaired) electrons. The summed E-state index contributed by atoms with van der Waals surface area (Å²) in [5.41, 5.74) is 3.31. The first-order chi connectivity index (χ1) is 20.3. The van der Waals surface area contributed by atoms with Gasteiger partial charge in [-0.05, 0) is 47.1 Å². The van der Waals surface area contributed by atoms with Crippen LogP contribution in [-0.4, -0.2) is 41.8 Å². The van der Waals surface area contributed by atoms with Crippen molar-refractivity contribution in [2.45, 2.75) is 45.7 Å². The third kappa shape index (κ3) is 6.50. The summed E-state index contributed by atoms with van der Waals surface area (Å²) in [5.74, 6) is -0.120. The Morgan fingerprint density at radius 2 is 1.62 bits per heavy atom. The molecule has 0 bridgehead atoms. The van der Waals surface area contributed by atoms with E-state index in [1.54, 1.807) is 15.9 Å². The van der Waals surface area contributed by atoms with Crippen molar-refractivity contribution in [2.75, 3.05) is 18.0 Å².